The Bertz CT molecular complexity index is 516. The smallest absolute Gasteiger partial charge is 0.0817 e. The minimum atomic E-state index is 0.160. The highest BCUT2D eigenvalue weighted by molar-refractivity contribution is 9.10. The Kier molecular flexibility index (Phi) is 2.11. The highest BCUT2D eigenvalue weighted by Gasteiger charge is 2.18. The fourth-order valence-corrected chi connectivity index (χ4v) is 2.85. The van der Waals surface area contributed by atoms with Crippen LogP contribution in [0.15, 0.2) is 28.7 Å². The van der Waals surface area contributed by atoms with Gasteiger partial charge in [0, 0.05) is 21.1 Å². The molecule has 3 heteroatoms. The van der Waals surface area contributed by atoms with Gasteiger partial charge < -0.3 is 10.3 Å². The Labute approximate surface area is 97.2 Å². The number of halogens is 1. The highest BCUT2D eigenvalue weighted by Crippen LogP contribution is 2.30. The van der Waals surface area contributed by atoms with Crippen LogP contribution in [0.5, 0.6) is 0 Å². The third-order valence-electron chi connectivity index (χ3n) is 3.15. The molecule has 0 saturated heterocycles. The van der Waals surface area contributed by atoms with E-state index in [1.54, 1.807) is 0 Å². The van der Waals surface area contributed by atoms with Crippen LogP contribution in [0.25, 0.3) is 10.9 Å². The second-order valence-electron chi connectivity index (χ2n) is 4.17. The summed E-state index contributed by atoms with van der Waals surface area (Å²) in [6.07, 6.45) is 3.61. The van der Waals surface area contributed by atoms with Gasteiger partial charge in [-0.1, -0.05) is 15.9 Å². The monoisotopic (exact) mass is 264 g/mol. The van der Waals surface area contributed by atoms with Gasteiger partial charge in [-0.3, -0.25) is 0 Å². The summed E-state index contributed by atoms with van der Waals surface area (Å²) in [6.45, 7) is 0. The van der Waals surface area contributed by atoms with E-state index in [9.17, 15) is 0 Å². The van der Waals surface area contributed by atoms with Crippen molar-refractivity contribution < 1.29 is 0 Å². The van der Waals surface area contributed by atoms with Crippen LogP contribution < -0.4 is 5.73 Å². The van der Waals surface area contributed by atoms with Crippen molar-refractivity contribution in [3.63, 3.8) is 0 Å². The van der Waals surface area contributed by atoms with Gasteiger partial charge in [-0.15, -0.1) is 0 Å². The maximum Gasteiger partial charge on any atom is 0.0817 e. The van der Waals surface area contributed by atoms with Gasteiger partial charge >= 0.3 is 0 Å². The predicted molar refractivity (Wildman–Crippen MR) is 65.8 cm³/mol. The number of aryl methyl sites for hydroxylation is 1. The van der Waals surface area contributed by atoms with Crippen molar-refractivity contribution in [2.75, 3.05) is 0 Å². The maximum atomic E-state index is 6.15. The minimum Gasteiger partial charge on any atom is -0.329 e. The summed E-state index contributed by atoms with van der Waals surface area (Å²) >= 11 is 3.50. The zero-order valence-electron chi connectivity index (χ0n) is 8.41. The lowest BCUT2D eigenvalue weighted by atomic mass is 10.1. The molecule has 2 N–H and O–H groups in total. The summed E-state index contributed by atoms with van der Waals surface area (Å²) in [5.74, 6) is 0. The molecule has 1 aliphatic heterocycles. The number of aromatic nitrogens is 1. The predicted octanol–water partition coefficient (Wildman–Crippen LogP) is 3.20. The van der Waals surface area contributed by atoms with Crippen molar-refractivity contribution in [2.45, 2.75) is 25.4 Å². The first-order chi connectivity index (χ1) is 7.25. The van der Waals surface area contributed by atoms with Crippen LogP contribution >= 0.6 is 15.9 Å². The molecule has 0 saturated carbocycles. The number of nitrogens with zero attached hydrogens (tertiary/aromatic N) is 1. The van der Waals surface area contributed by atoms with Crippen LogP contribution in [-0.4, -0.2) is 4.57 Å². The lowest BCUT2D eigenvalue weighted by molar-refractivity contribution is 0.425. The third kappa shape index (κ3) is 1.42. The molecule has 1 atom stereocenters. The molecule has 3 rings (SSSR count). The SMILES string of the molecule is NC1CCCc2cc3cc(Br)ccc3n21. The van der Waals surface area contributed by atoms with E-state index in [-0.39, 0.29) is 6.17 Å². The van der Waals surface area contributed by atoms with E-state index in [0.717, 1.165) is 17.3 Å². The minimum absolute atomic E-state index is 0.160. The van der Waals surface area contributed by atoms with Crippen LogP contribution in [0.3, 0.4) is 0 Å². The van der Waals surface area contributed by atoms with E-state index >= 15 is 0 Å². The van der Waals surface area contributed by atoms with E-state index in [1.165, 1.54) is 23.0 Å². The molecule has 1 aromatic heterocycles. The summed E-state index contributed by atoms with van der Waals surface area (Å²) in [5.41, 5.74) is 8.79. The number of benzene rings is 1. The molecule has 0 aliphatic carbocycles. The fraction of sp³-hybridized carbons (Fsp3) is 0.333. The van der Waals surface area contributed by atoms with Gasteiger partial charge in [0.25, 0.3) is 0 Å². The average molecular weight is 265 g/mol. The van der Waals surface area contributed by atoms with Crippen molar-refractivity contribution in [3.05, 3.63) is 34.4 Å². The fourth-order valence-electron chi connectivity index (χ4n) is 2.47. The van der Waals surface area contributed by atoms with Crippen molar-refractivity contribution in [1.82, 2.24) is 4.57 Å². The molecule has 0 amide bonds. The van der Waals surface area contributed by atoms with Crippen molar-refractivity contribution in [2.24, 2.45) is 5.73 Å². The molecule has 15 heavy (non-hydrogen) atoms. The van der Waals surface area contributed by atoms with Gasteiger partial charge in [-0.25, -0.2) is 0 Å². The van der Waals surface area contributed by atoms with E-state index < -0.39 is 0 Å². The zero-order valence-corrected chi connectivity index (χ0v) is 10.00. The number of nitrogens with two attached hydrogens (primary N) is 1. The molecular weight excluding hydrogens is 252 g/mol. The lowest BCUT2D eigenvalue weighted by Gasteiger charge is -2.23. The molecule has 0 spiro atoms. The summed E-state index contributed by atoms with van der Waals surface area (Å²) in [4.78, 5) is 0. The topological polar surface area (TPSA) is 30.9 Å². The van der Waals surface area contributed by atoms with E-state index in [4.69, 9.17) is 5.73 Å². The Morgan fingerprint density at radius 2 is 2.20 bits per heavy atom. The third-order valence-corrected chi connectivity index (χ3v) is 3.64. The molecule has 2 heterocycles. The molecule has 1 aliphatic rings. The average Bonchev–Trinajstić information content (AvgIpc) is 2.56. The van der Waals surface area contributed by atoms with Gasteiger partial charge in [0.15, 0.2) is 0 Å². The van der Waals surface area contributed by atoms with Gasteiger partial charge in [-0.05, 0) is 43.5 Å². The largest absolute Gasteiger partial charge is 0.329 e. The first-order valence-corrected chi connectivity index (χ1v) is 6.10. The summed E-state index contributed by atoms with van der Waals surface area (Å²) < 4.78 is 3.41. The van der Waals surface area contributed by atoms with Crippen LogP contribution in [0.1, 0.15) is 24.7 Å². The van der Waals surface area contributed by atoms with E-state index in [0.29, 0.717) is 0 Å². The molecule has 1 unspecified atom stereocenters. The highest BCUT2D eigenvalue weighted by atomic mass is 79.9. The molecule has 1 aromatic carbocycles. The molecule has 2 nitrogen and oxygen atoms in total. The molecule has 0 radical (unpaired) electrons. The summed E-state index contributed by atoms with van der Waals surface area (Å²) in [5, 5.41) is 1.29. The molecule has 2 aromatic rings. The van der Waals surface area contributed by atoms with Gasteiger partial charge in [0.1, 0.15) is 0 Å². The summed E-state index contributed by atoms with van der Waals surface area (Å²) in [7, 11) is 0. The van der Waals surface area contributed by atoms with Crippen LogP contribution in [-0.2, 0) is 6.42 Å². The number of rotatable bonds is 0. The van der Waals surface area contributed by atoms with Crippen molar-refractivity contribution >= 4 is 26.8 Å². The Balaban J connectivity index is 2.32. The van der Waals surface area contributed by atoms with Crippen LogP contribution in [0, 0.1) is 0 Å². The van der Waals surface area contributed by atoms with Gasteiger partial charge in [-0.2, -0.15) is 0 Å². The van der Waals surface area contributed by atoms with Crippen LogP contribution in [0.2, 0.25) is 0 Å². The zero-order chi connectivity index (χ0) is 10.4. The maximum absolute atomic E-state index is 6.15. The lowest BCUT2D eigenvalue weighted by Crippen LogP contribution is -2.24. The standard InChI is InChI=1S/C12H13BrN2/c13-9-4-5-11-8(6-9)7-10-2-1-3-12(14)15(10)11/h4-7,12H,1-3,14H2. The van der Waals surface area contributed by atoms with E-state index in [1.807, 2.05) is 0 Å². The number of hydrogen-bond donors (Lipinski definition) is 1. The molecular formula is C12H13BrN2. The second kappa shape index (κ2) is 3.35. The van der Waals surface area contributed by atoms with E-state index in [2.05, 4.69) is 44.8 Å². The molecule has 0 bridgehead atoms. The Morgan fingerprint density at radius 1 is 1.33 bits per heavy atom. The van der Waals surface area contributed by atoms with Gasteiger partial charge in [0.05, 0.1) is 6.17 Å². The van der Waals surface area contributed by atoms with Crippen molar-refractivity contribution in [3.8, 4) is 0 Å². The Hall–Kier alpha value is -0.800. The molecule has 78 valence electrons. The molecule has 0 fully saturated rings. The quantitative estimate of drug-likeness (QED) is 0.779. The Morgan fingerprint density at radius 3 is 3.07 bits per heavy atom. The normalized spacial score (nSPS) is 20.5. The number of hydrogen-bond acceptors (Lipinski definition) is 1. The van der Waals surface area contributed by atoms with Crippen molar-refractivity contribution in [1.29, 1.82) is 0 Å². The first-order valence-electron chi connectivity index (χ1n) is 5.30. The van der Waals surface area contributed by atoms with Gasteiger partial charge in [0.2, 0.25) is 0 Å². The second-order valence-corrected chi connectivity index (χ2v) is 5.08. The summed E-state index contributed by atoms with van der Waals surface area (Å²) in [6, 6.07) is 8.65. The first kappa shape index (κ1) is 9.43. The number of fused-ring (bicyclic) bond motifs is 3. The van der Waals surface area contributed by atoms with Crippen LogP contribution in [0.4, 0.5) is 0 Å².